The zero-order chi connectivity index (χ0) is 19.7. The monoisotopic (exact) mass is 454 g/mol. The molecule has 0 spiro atoms. The summed E-state index contributed by atoms with van der Waals surface area (Å²) in [5.74, 6) is 0.280. The predicted molar refractivity (Wildman–Crippen MR) is 115 cm³/mol. The third-order valence-corrected chi connectivity index (χ3v) is 5.75. The second-order valence-electron chi connectivity index (χ2n) is 6.02. The SMILES string of the molecule is COc1ccc(Br)cc1C(=O)Nc1ccc(O)c(-c2nc3ccccc3s2)c1. The van der Waals surface area contributed by atoms with Crippen LogP contribution in [0.1, 0.15) is 10.4 Å². The molecule has 4 rings (SSSR count). The first kappa shape index (κ1) is 18.5. The number of amides is 1. The van der Waals surface area contributed by atoms with Crippen molar-refractivity contribution in [3.05, 3.63) is 70.7 Å². The van der Waals surface area contributed by atoms with Crippen LogP contribution in [0.2, 0.25) is 0 Å². The Morgan fingerprint density at radius 2 is 1.96 bits per heavy atom. The Hall–Kier alpha value is -2.90. The zero-order valence-electron chi connectivity index (χ0n) is 14.8. The first-order valence-corrected chi connectivity index (χ1v) is 10.00. The van der Waals surface area contributed by atoms with E-state index in [0.29, 0.717) is 27.6 Å². The number of para-hydroxylation sites is 1. The van der Waals surface area contributed by atoms with Gasteiger partial charge >= 0.3 is 0 Å². The van der Waals surface area contributed by atoms with Gasteiger partial charge in [-0.1, -0.05) is 28.1 Å². The number of hydrogen-bond acceptors (Lipinski definition) is 5. The highest BCUT2D eigenvalue weighted by atomic mass is 79.9. The van der Waals surface area contributed by atoms with E-state index in [1.54, 1.807) is 36.4 Å². The summed E-state index contributed by atoms with van der Waals surface area (Å²) in [6.07, 6.45) is 0. The number of methoxy groups -OCH3 is 1. The second-order valence-corrected chi connectivity index (χ2v) is 7.96. The molecule has 3 aromatic carbocycles. The van der Waals surface area contributed by atoms with Gasteiger partial charge < -0.3 is 15.2 Å². The van der Waals surface area contributed by atoms with Crippen LogP contribution in [0.15, 0.2) is 65.1 Å². The Kier molecular flexibility index (Phi) is 5.02. The Bertz CT molecular complexity index is 1160. The number of thiazole rings is 1. The molecule has 140 valence electrons. The van der Waals surface area contributed by atoms with Crippen molar-refractivity contribution in [3.8, 4) is 22.1 Å². The topological polar surface area (TPSA) is 71.5 Å². The number of rotatable bonds is 4. The average Bonchev–Trinajstić information content (AvgIpc) is 3.13. The summed E-state index contributed by atoms with van der Waals surface area (Å²) in [5, 5.41) is 13.9. The highest BCUT2D eigenvalue weighted by Gasteiger charge is 2.16. The smallest absolute Gasteiger partial charge is 0.259 e. The molecule has 1 aromatic heterocycles. The lowest BCUT2D eigenvalue weighted by Crippen LogP contribution is -2.13. The minimum Gasteiger partial charge on any atom is -0.507 e. The number of carbonyl (C=O) groups excluding carboxylic acids is 1. The lowest BCUT2D eigenvalue weighted by Gasteiger charge is -2.11. The molecule has 7 heteroatoms. The third-order valence-electron chi connectivity index (χ3n) is 4.18. The summed E-state index contributed by atoms with van der Waals surface area (Å²) in [4.78, 5) is 17.3. The molecule has 0 saturated carbocycles. The Balaban J connectivity index is 1.67. The number of fused-ring (bicyclic) bond motifs is 1. The van der Waals surface area contributed by atoms with Crippen molar-refractivity contribution in [2.45, 2.75) is 0 Å². The Labute approximate surface area is 173 Å². The van der Waals surface area contributed by atoms with Crippen molar-refractivity contribution in [1.82, 2.24) is 4.98 Å². The van der Waals surface area contributed by atoms with Gasteiger partial charge in [0.1, 0.15) is 16.5 Å². The van der Waals surface area contributed by atoms with Crippen molar-refractivity contribution >= 4 is 49.1 Å². The van der Waals surface area contributed by atoms with Gasteiger partial charge in [0.25, 0.3) is 5.91 Å². The molecule has 0 radical (unpaired) electrons. The fourth-order valence-electron chi connectivity index (χ4n) is 2.83. The lowest BCUT2D eigenvalue weighted by molar-refractivity contribution is 0.102. The van der Waals surface area contributed by atoms with Crippen molar-refractivity contribution in [2.75, 3.05) is 12.4 Å². The molecule has 28 heavy (non-hydrogen) atoms. The largest absolute Gasteiger partial charge is 0.507 e. The van der Waals surface area contributed by atoms with E-state index in [1.807, 2.05) is 24.3 Å². The van der Waals surface area contributed by atoms with Gasteiger partial charge in [-0.2, -0.15) is 0 Å². The molecule has 0 saturated heterocycles. The van der Waals surface area contributed by atoms with E-state index >= 15 is 0 Å². The van der Waals surface area contributed by atoms with Gasteiger partial charge in [0, 0.05) is 10.2 Å². The number of benzene rings is 3. The van der Waals surface area contributed by atoms with E-state index in [2.05, 4.69) is 26.2 Å². The van der Waals surface area contributed by atoms with Gasteiger partial charge in [-0.15, -0.1) is 11.3 Å². The predicted octanol–water partition coefficient (Wildman–Crippen LogP) is 5.69. The fourth-order valence-corrected chi connectivity index (χ4v) is 4.18. The zero-order valence-corrected chi connectivity index (χ0v) is 17.2. The summed E-state index contributed by atoms with van der Waals surface area (Å²) >= 11 is 4.86. The number of hydrogen-bond donors (Lipinski definition) is 2. The molecular weight excluding hydrogens is 440 g/mol. The maximum absolute atomic E-state index is 12.7. The number of carbonyl (C=O) groups is 1. The van der Waals surface area contributed by atoms with Gasteiger partial charge in [0.05, 0.1) is 28.5 Å². The molecule has 1 heterocycles. The number of halogens is 1. The molecule has 2 N–H and O–H groups in total. The van der Waals surface area contributed by atoms with Gasteiger partial charge in [-0.05, 0) is 48.5 Å². The molecule has 0 aliphatic heterocycles. The number of nitrogens with one attached hydrogen (secondary N) is 1. The molecule has 0 aliphatic rings. The van der Waals surface area contributed by atoms with Crippen LogP contribution < -0.4 is 10.1 Å². The number of aromatic hydroxyl groups is 1. The highest BCUT2D eigenvalue weighted by molar-refractivity contribution is 9.10. The quantitative estimate of drug-likeness (QED) is 0.388. The molecule has 4 aromatic rings. The average molecular weight is 455 g/mol. The molecule has 0 bridgehead atoms. The van der Waals surface area contributed by atoms with Crippen molar-refractivity contribution < 1.29 is 14.6 Å². The number of ether oxygens (including phenoxy) is 1. The number of phenolic OH excluding ortho intramolecular Hbond substituents is 1. The maximum atomic E-state index is 12.7. The minimum absolute atomic E-state index is 0.108. The van der Waals surface area contributed by atoms with E-state index in [9.17, 15) is 9.90 Å². The van der Waals surface area contributed by atoms with Crippen LogP contribution in [0.3, 0.4) is 0 Å². The normalized spacial score (nSPS) is 10.8. The van der Waals surface area contributed by atoms with Crippen LogP contribution in [0.5, 0.6) is 11.5 Å². The number of phenols is 1. The van der Waals surface area contributed by atoms with Gasteiger partial charge in [0.2, 0.25) is 0 Å². The number of anilines is 1. The van der Waals surface area contributed by atoms with Crippen LogP contribution >= 0.6 is 27.3 Å². The fraction of sp³-hybridized carbons (Fsp3) is 0.0476. The van der Waals surface area contributed by atoms with Gasteiger partial charge in [0.15, 0.2) is 0 Å². The van der Waals surface area contributed by atoms with Crippen molar-refractivity contribution in [1.29, 1.82) is 0 Å². The van der Waals surface area contributed by atoms with Crippen molar-refractivity contribution in [3.63, 3.8) is 0 Å². The molecule has 1 amide bonds. The summed E-state index contributed by atoms with van der Waals surface area (Å²) in [5.41, 5.74) is 2.40. The number of nitrogens with zero attached hydrogens (tertiary/aromatic N) is 1. The number of aromatic nitrogens is 1. The summed E-state index contributed by atoms with van der Waals surface area (Å²) < 4.78 is 7.08. The third kappa shape index (κ3) is 3.58. The molecule has 0 unspecified atom stereocenters. The Morgan fingerprint density at radius 1 is 1.14 bits per heavy atom. The van der Waals surface area contributed by atoms with Crippen LogP contribution in [-0.4, -0.2) is 23.1 Å². The van der Waals surface area contributed by atoms with E-state index in [0.717, 1.165) is 14.7 Å². The molecule has 0 fully saturated rings. The van der Waals surface area contributed by atoms with Gasteiger partial charge in [-0.25, -0.2) is 4.98 Å². The van der Waals surface area contributed by atoms with E-state index < -0.39 is 0 Å². The van der Waals surface area contributed by atoms with Crippen LogP contribution in [-0.2, 0) is 0 Å². The van der Waals surface area contributed by atoms with E-state index in [4.69, 9.17) is 4.74 Å². The molecule has 5 nitrogen and oxygen atoms in total. The first-order chi connectivity index (χ1) is 13.5. The van der Waals surface area contributed by atoms with E-state index in [-0.39, 0.29) is 11.7 Å². The summed E-state index contributed by atoms with van der Waals surface area (Å²) in [6, 6.07) is 17.9. The summed E-state index contributed by atoms with van der Waals surface area (Å²) in [6.45, 7) is 0. The van der Waals surface area contributed by atoms with Crippen LogP contribution in [0.25, 0.3) is 20.8 Å². The molecule has 0 atom stereocenters. The summed E-state index contributed by atoms with van der Waals surface area (Å²) in [7, 11) is 1.52. The van der Waals surface area contributed by atoms with Crippen molar-refractivity contribution in [2.24, 2.45) is 0 Å². The maximum Gasteiger partial charge on any atom is 0.259 e. The standard InChI is InChI=1S/C21H15BrN2O3S/c1-27-18-9-6-12(22)10-15(18)20(26)23-13-7-8-17(25)14(11-13)21-24-16-4-2-3-5-19(16)28-21/h2-11,25H,1H3,(H,23,26). The second kappa shape index (κ2) is 7.61. The molecular formula is C21H15BrN2O3S. The van der Waals surface area contributed by atoms with Crippen LogP contribution in [0.4, 0.5) is 5.69 Å². The Morgan fingerprint density at radius 3 is 2.75 bits per heavy atom. The molecule has 0 aliphatic carbocycles. The highest BCUT2D eigenvalue weighted by Crippen LogP contribution is 2.37. The van der Waals surface area contributed by atoms with E-state index in [1.165, 1.54) is 18.4 Å². The first-order valence-electron chi connectivity index (χ1n) is 8.39. The lowest BCUT2D eigenvalue weighted by atomic mass is 10.1. The minimum atomic E-state index is -0.306. The van der Waals surface area contributed by atoms with Crippen LogP contribution in [0, 0.1) is 0 Å². The van der Waals surface area contributed by atoms with Gasteiger partial charge in [-0.3, -0.25) is 4.79 Å².